The first-order valence-corrected chi connectivity index (χ1v) is 10.00. The lowest BCUT2D eigenvalue weighted by Crippen LogP contribution is -2.16. The van der Waals surface area contributed by atoms with E-state index in [9.17, 15) is 4.79 Å². The maximum absolute atomic E-state index is 12.8. The Balaban J connectivity index is 1.80. The lowest BCUT2D eigenvalue weighted by atomic mass is 10.2. The monoisotopic (exact) mass is 456 g/mol. The van der Waals surface area contributed by atoms with Crippen LogP contribution in [0.4, 0.5) is 0 Å². The number of fused-ring (bicyclic) bond motifs is 1. The van der Waals surface area contributed by atoms with Crippen LogP contribution in [0.15, 0.2) is 41.2 Å². The number of hydrogen-bond donors (Lipinski definition) is 1. The highest BCUT2D eigenvalue weighted by Crippen LogP contribution is 2.36. The molecule has 0 bridgehead atoms. The van der Waals surface area contributed by atoms with Gasteiger partial charge in [-0.1, -0.05) is 23.7 Å². The zero-order valence-corrected chi connectivity index (χ0v) is 18.7. The molecule has 0 saturated heterocycles. The number of halogens is 1. The van der Waals surface area contributed by atoms with E-state index in [-0.39, 0.29) is 17.5 Å². The van der Waals surface area contributed by atoms with Gasteiger partial charge in [-0.05, 0) is 24.6 Å². The van der Waals surface area contributed by atoms with Gasteiger partial charge < -0.3 is 18.9 Å². The van der Waals surface area contributed by atoms with Crippen LogP contribution in [0.25, 0.3) is 16.9 Å². The average molecular weight is 457 g/mol. The summed E-state index contributed by atoms with van der Waals surface area (Å²) in [6.07, 6.45) is 0. The number of H-pyrrole nitrogens is 1. The number of benzene rings is 2. The van der Waals surface area contributed by atoms with Crippen molar-refractivity contribution in [1.82, 2.24) is 19.5 Å². The van der Waals surface area contributed by atoms with Gasteiger partial charge in [0.2, 0.25) is 5.88 Å². The summed E-state index contributed by atoms with van der Waals surface area (Å²) in [5, 5.41) is 0.286. The Labute approximate surface area is 188 Å². The molecule has 0 aliphatic rings. The lowest BCUT2D eigenvalue weighted by Gasteiger charge is -2.15. The highest BCUT2D eigenvalue weighted by Gasteiger charge is 2.20. The third-order valence-electron chi connectivity index (χ3n) is 4.81. The second-order valence-corrected chi connectivity index (χ2v) is 7.25. The molecule has 2 aromatic carbocycles. The van der Waals surface area contributed by atoms with Crippen molar-refractivity contribution in [1.29, 1.82) is 0 Å². The SMILES string of the molecule is COc1cccc(COc2cc(-n3c(=O)[nH]c4c(OC)nc(C)nc43)c(Cl)cc2OC)c1. The van der Waals surface area contributed by atoms with Crippen LogP contribution in [0, 0.1) is 6.92 Å². The molecule has 166 valence electrons. The van der Waals surface area contributed by atoms with Gasteiger partial charge in [-0.15, -0.1) is 0 Å². The number of aromatic amines is 1. The summed E-state index contributed by atoms with van der Waals surface area (Å²) in [7, 11) is 4.60. The van der Waals surface area contributed by atoms with Crippen LogP contribution in [-0.4, -0.2) is 40.8 Å². The predicted octanol–water partition coefficient (Wildman–Crippen LogP) is 3.68. The summed E-state index contributed by atoms with van der Waals surface area (Å²) < 4.78 is 23.3. The van der Waals surface area contributed by atoms with Gasteiger partial charge in [-0.3, -0.25) is 4.98 Å². The number of imidazole rings is 1. The van der Waals surface area contributed by atoms with Gasteiger partial charge in [0.05, 0.1) is 32.0 Å². The largest absolute Gasteiger partial charge is 0.497 e. The van der Waals surface area contributed by atoms with Crippen LogP contribution in [0.2, 0.25) is 5.02 Å². The molecule has 0 unspecified atom stereocenters. The van der Waals surface area contributed by atoms with Crippen LogP contribution in [-0.2, 0) is 6.61 Å². The Morgan fingerprint density at radius 1 is 1.03 bits per heavy atom. The smallest absolute Gasteiger partial charge is 0.332 e. The van der Waals surface area contributed by atoms with Gasteiger partial charge in [0.25, 0.3) is 0 Å². The first-order chi connectivity index (χ1) is 15.4. The van der Waals surface area contributed by atoms with Crippen molar-refractivity contribution in [3.63, 3.8) is 0 Å². The van der Waals surface area contributed by atoms with Crippen molar-refractivity contribution < 1.29 is 18.9 Å². The third-order valence-corrected chi connectivity index (χ3v) is 5.11. The van der Waals surface area contributed by atoms with E-state index in [1.807, 2.05) is 24.3 Å². The molecule has 0 spiro atoms. The van der Waals surface area contributed by atoms with Gasteiger partial charge >= 0.3 is 5.69 Å². The highest BCUT2D eigenvalue weighted by molar-refractivity contribution is 6.32. The van der Waals surface area contributed by atoms with E-state index >= 15 is 0 Å². The first-order valence-electron chi connectivity index (χ1n) is 9.62. The van der Waals surface area contributed by atoms with Gasteiger partial charge in [-0.2, -0.15) is 4.98 Å². The molecule has 0 saturated carbocycles. The number of aryl methyl sites for hydroxylation is 1. The maximum atomic E-state index is 12.8. The Morgan fingerprint density at radius 3 is 2.56 bits per heavy atom. The van der Waals surface area contributed by atoms with Crippen LogP contribution in [0.3, 0.4) is 0 Å². The third kappa shape index (κ3) is 3.94. The maximum Gasteiger partial charge on any atom is 0.332 e. The standard InChI is InChI=1S/C22H21ClN4O5/c1-12-24-20-19(21(25-12)31-4)26-22(28)27(20)16-10-18(17(30-3)9-15(16)23)32-11-13-6-5-7-14(8-13)29-2/h5-10H,11H2,1-4H3,(H,26,28). The van der Waals surface area contributed by atoms with E-state index in [0.29, 0.717) is 34.2 Å². The molecule has 10 heteroatoms. The number of nitrogens with zero attached hydrogens (tertiary/aromatic N) is 3. The molecule has 2 heterocycles. The molecule has 0 fully saturated rings. The lowest BCUT2D eigenvalue weighted by molar-refractivity contribution is 0.284. The van der Waals surface area contributed by atoms with Crippen molar-refractivity contribution in [2.75, 3.05) is 21.3 Å². The predicted molar refractivity (Wildman–Crippen MR) is 120 cm³/mol. The second kappa shape index (κ2) is 8.80. The van der Waals surface area contributed by atoms with Crippen molar-refractivity contribution in [3.05, 3.63) is 63.3 Å². The summed E-state index contributed by atoms with van der Waals surface area (Å²) in [4.78, 5) is 24.2. The minimum absolute atomic E-state index is 0.256. The molecule has 0 aliphatic heterocycles. The second-order valence-electron chi connectivity index (χ2n) is 6.84. The minimum atomic E-state index is -0.441. The number of methoxy groups -OCH3 is 3. The molecule has 32 heavy (non-hydrogen) atoms. The summed E-state index contributed by atoms with van der Waals surface area (Å²) in [5.74, 6) is 2.28. The zero-order chi connectivity index (χ0) is 22.8. The normalized spacial score (nSPS) is 10.9. The summed E-state index contributed by atoms with van der Waals surface area (Å²) in [6, 6.07) is 10.8. The van der Waals surface area contributed by atoms with Crippen LogP contribution in [0.1, 0.15) is 11.4 Å². The Morgan fingerprint density at radius 2 is 1.84 bits per heavy atom. The molecule has 0 aliphatic carbocycles. The number of nitrogens with one attached hydrogen (secondary N) is 1. The van der Waals surface area contributed by atoms with Gasteiger partial charge in [0, 0.05) is 12.1 Å². The molecular formula is C22H21ClN4O5. The first kappa shape index (κ1) is 21.5. The van der Waals surface area contributed by atoms with E-state index in [4.69, 9.17) is 30.5 Å². The highest BCUT2D eigenvalue weighted by atomic mass is 35.5. The van der Waals surface area contributed by atoms with E-state index in [1.54, 1.807) is 26.2 Å². The molecular weight excluding hydrogens is 436 g/mol. The van der Waals surface area contributed by atoms with Crippen molar-refractivity contribution in [2.45, 2.75) is 13.5 Å². The van der Waals surface area contributed by atoms with E-state index < -0.39 is 5.69 Å². The van der Waals surface area contributed by atoms with Crippen LogP contribution in [0.5, 0.6) is 23.1 Å². The number of hydrogen-bond acceptors (Lipinski definition) is 7. The fourth-order valence-corrected chi connectivity index (χ4v) is 3.56. The number of rotatable bonds is 7. The molecule has 4 rings (SSSR count). The molecule has 1 N–H and O–H groups in total. The molecule has 0 atom stereocenters. The van der Waals surface area contributed by atoms with Crippen LogP contribution >= 0.6 is 11.6 Å². The molecule has 4 aromatic rings. The van der Waals surface area contributed by atoms with Crippen molar-refractivity contribution in [3.8, 4) is 28.8 Å². The summed E-state index contributed by atoms with van der Waals surface area (Å²) >= 11 is 6.51. The number of ether oxygens (including phenoxy) is 4. The van der Waals surface area contributed by atoms with Crippen molar-refractivity contribution >= 4 is 22.8 Å². The molecule has 2 aromatic heterocycles. The Bertz CT molecular complexity index is 1350. The van der Waals surface area contributed by atoms with E-state index in [2.05, 4.69) is 15.0 Å². The number of aromatic nitrogens is 4. The Kier molecular flexibility index (Phi) is 5.91. The molecule has 0 amide bonds. The topological polar surface area (TPSA) is 100 Å². The van der Waals surface area contributed by atoms with Gasteiger partial charge in [0.1, 0.15) is 23.7 Å². The fraction of sp³-hybridized carbons (Fsp3) is 0.227. The van der Waals surface area contributed by atoms with E-state index in [1.165, 1.54) is 18.8 Å². The van der Waals surface area contributed by atoms with Gasteiger partial charge in [-0.25, -0.2) is 14.3 Å². The zero-order valence-electron chi connectivity index (χ0n) is 17.9. The summed E-state index contributed by atoms with van der Waals surface area (Å²) in [5.41, 5.74) is 1.55. The fourth-order valence-electron chi connectivity index (χ4n) is 3.33. The minimum Gasteiger partial charge on any atom is -0.497 e. The average Bonchev–Trinajstić information content (AvgIpc) is 3.12. The molecule has 9 nitrogen and oxygen atoms in total. The Hall–Kier alpha value is -3.72. The van der Waals surface area contributed by atoms with Crippen molar-refractivity contribution in [2.24, 2.45) is 0 Å². The summed E-state index contributed by atoms with van der Waals surface area (Å²) in [6.45, 7) is 1.97. The van der Waals surface area contributed by atoms with Crippen LogP contribution < -0.4 is 24.6 Å². The van der Waals surface area contributed by atoms with E-state index in [0.717, 1.165) is 11.3 Å². The van der Waals surface area contributed by atoms with Gasteiger partial charge in [0.15, 0.2) is 17.1 Å². The quantitative estimate of drug-likeness (QED) is 0.452. The molecule has 0 radical (unpaired) electrons.